The quantitative estimate of drug-likeness (QED) is 0.449. The topological polar surface area (TPSA) is 133 Å². The molecule has 0 radical (unpaired) electrons. The molecule has 0 bridgehead atoms. The molecule has 1 aliphatic rings. The number of carbonyl (C=O) groups excluding carboxylic acids is 1. The molecule has 2 N–H and O–H groups in total. The van der Waals surface area contributed by atoms with Crippen molar-refractivity contribution in [2.24, 2.45) is 5.14 Å². The first-order valence-corrected chi connectivity index (χ1v) is 10.0. The smallest absolute Gasteiger partial charge is 0.281 e. The second-order valence-electron chi connectivity index (χ2n) is 5.69. The number of nitro groups is 1. The third-order valence-electron chi connectivity index (χ3n) is 3.85. The van der Waals surface area contributed by atoms with E-state index in [0.29, 0.717) is 13.2 Å². The fraction of sp³-hybridized carbons (Fsp3) is 0.235. The number of nitrogens with two attached hydrogens (primary N) is 1. The van der Waals surface area contributed by atoms with Crippen LogP contribution in [0.2, 0.25) is 0 Å². The zero-order chi connectivity index (χ0) is 20.7. The molecule has 28 heavy (non-hydrogen) atoms. The maximum Gasteiger partial charge on any atom is 0.281 e. The second kappa shape index (κ2) is 9.60. The number of nitro benzene ring substituents is 1. The van der Waals surface area contributed by atoms with E-state index in [2.05, 4.69) is 4.90 Å². The number of morpholine rings is 1. The van der Waals surface area contributed by atoms with Crippen molar-refractivity contribution in [3.8, 4) is 0 Å². The summed E-state index contributed by atoms with van der Waals surface area (Å²) in [4.78, 5) is 22.6. The molecule has 11 heteroatoms. The van der Waals surface area contributed by atoms with E-state index in [1.807, 2.05) is 0 Å². The van der Waals surface area contributed by atoms with E-state index in [0.717, 1.165) is 18.8 Å². The van der Waals surface area contributed by atoms with Crippen molar-refractivity contribution in [2.75, 3.05) is 31.2 Å². The fourth-order valence-corrected chi connectivity index (χ4v) is 3.14. The molecule has 0 amide bonds. The summed E-state index contributed by atoms with van der Waals surface area (Å²) >= 11 is 5.11. The molecule has 3 rings (SSSR count). The predicted octanol–water partition coefficient (Wildman–Crippen LogP) is 2.14. The summed E-state index contributed by atoms with van der Waals surface area (Å²) in [6.07, 6.45) is 0. The van der Waals surface area contributed by atoms with E-state index in [1.54, 1.807) is 12.1 Å². The number of nitrogens with zero attached hydrogens (tertiary/aromatic N) is 2. The molecule has 1 fully saturated rings. The molecule has 0 saturated carbocycles. The number of benzene rings is 2. The summed E-state index contributed by atoms with van der Waals surface area (Å²) in [7, 11) is -3.59. The van der Waals surface area contributed by atoms with Gasteiger partial charge in [0.25, 0.3) is 10.9 Å². The van der Waals surface area contributed by atoms with Gasteiger partial charge in [-0.25, -0.2) is 13.6 Å². The summed E-state index contributed by atoms with van der Waals surface area (Å²) in [6.45, 7) is 3.07. The maximum absolute atomic E-state index is 11.1. The Morgan fingerprint density at radius 2 is 1.68 bits per heavy atom. The minimum Gasteiger partial charge on any atom is -0.378 e. The zero-order valence-corrected chi connectivity index (χ0v) is 16.2. The van der Waals surface area contributed by atoms with Gasteiger partial charge in [0.2, 0.25) is 10.0 Å². The lowest BCUT2D eigenvalue weighted by molar-refractivity contribution is -0.385. The fourth-order valence-electron chi connectivity index (χ4n) is 2.47. The van der Waals surface area contributed by atoms with Crippen LogP contribution in [0.25, 0.3) is 0 Å². The van der Waals surface area contributed by atoms with Gasteiger partial charge in [0.1, 0.15) is 5.56 Å². The number of rotatable bonds is 4. The van der Waals surface area contributed by atoms with Crippen LogP contribution in [0.4, 0.5) is 11.4 Å². The van der Waals surface area contributed by atoms with E-state index < -0.39 is 20.2 Å². The number of hydrogen-bond donors (Lipinski definition) is 1. The number of anilines is 1. The molecule has 0 unspecified atom stereocenters. The number of halogens is 1. The summed E-state index contributed by atoms with van der Waals surface area (Å²) in [6, 6.07) is 12.1. The summed E-state index contributed by atoms with van der Waals surface area (Å²) in [5, 5.41) is 14.5. The number of sulfonamides is 1. The molecule has 9 nitrogen and oxygen atoms in total. The van der Waals surface area contributed by atoms with E-state index in [4.69, 9.17) is 21.5 Å². The second-order valence-corrected chi connectivity index (χ2v) is 7.59. The van der Waals surface area contributed by atoms with Crippen molar-refractivity contribution in [1.29, 1.82) is 0 Å². The standard InChI is InChI=1S/C10H14N2O3S.C7H4ClNO3/c11-16(13,14)10-3-1-9(2-4-10)12-5-7-15-8-6-12;8-7(10)5-3-1-2-4-6(5)9(11)12/h1-4H,5-8H2,(H2,11,13,14);1-4H. The van der Waals surface area contributed by atoms with Gasteiger partial charge >= 0.3 is 0 Å². The van der Waals surface area contributed by atoms with Crippen molar-refractivity contribution in [1.82, 2.24) is 0 Å². The lowest BCUT2D eigenvalue weighted by Crippen LogP contribution is -2.36. The van der Waals surface area contributed by atoms with Gasteiger partial charge in [0.15, 0.2) is 0 Å². The number of carbonyl (C=O) groups is 1. The zero-order valence-electron chi connectivity index (χ0n) is 14.7. The molecular formula is C17H18ClN3O6S. The van der Waals surface area contributed by atoms with Crippen molar-refractivity contribution < 1.29 is 22.9 Å². The first-order valence-electron chi connectivity index (χ1n) is 8.09. The monoisotopic (exact) mass is 427 g/mol. The molecule has 0 spiro atoms. The number of hydrogen-bond acceptors (Lipinski definition) is 7. The van der Waals surface area contributed by atoms with Crippen molar-refractivity contribution in [2.45, 2.75) is 4.90 Å². The van der Waals surface area contributed by atoms with Crippen molar-refractivity contribution in [3.05, 3.63) is 64.2 Å². The van der Waals surface area contributed by atoms with Crippen LogP contribution < -0.4 is 10.0 Å². The van der Waals surface area contributed by atoms with E-state index in [9.17, 15) is 23.3 Å². The Labute approximate surface area is 166 Å². The minimum atomic E-state index is -3.59. The summed E-state index contributed by atoms with van der Waals surface area (Å²) < 4.78 is 27.4. The van der Waals surface area contributed by atoms with Gasteiger partial charge in [-0.05, 0) is 41.9 Å². The number of para-hydroxylation sites is 1. The highest BCUT2D eigenvalue weighted by molar-refractivity contribution is 7.89. The lowest BCUT2D eigenvalue weighted by atomic mass is 10.2. The third-order valence-corrected chi connectivity index (χ3v) is 4.99. The van der Waals surface area contributed by atoms with Gasteiger partial charge in [-0.3, -0.25) is 14.9 Å². The van der Waals surface area contributed by atoms with Gasteiger partial charge in [-0.2, -0.15) is 0 Å². The normalized spacial score (nSPS) is 14.0. The Kier molecular flexibility index (Phi) is 7.46. The van der Waals surface area contributed by atoms with Crippen LogP contribution >= 0.6 is 11.6 Å². The Morgan fingerprint density at radius 1 is 1.11 bits per heavy atom. The molecule has 0 atom stereocenters. The van der Waals surface area contributed by atoms with E-state index >= 15 is 0 Å². The van der Waals surface area contributed by atoms with Gasteiger partial charge in [-0.1, -0.05) is 12.1 Å². The molecule has 0 aromatic heterocycles. The van der Waals surface area contributed by atoms with Crippen LogP contribution in [0, 0.1) is 10.1 Å². The van der Waals surface area contributed by atoms with E-state index in [-0.39, 0.29) is 16.1 Å². The molecule has 1 aliphatic heterocycles. The van der Waals surface area contributed by atoms with Gasteiger partial charge < -0.3 is 9.64 Å². The summed E-state index contributed by atoms with van der Waals surface area (Å²) in [5.41, 5.74) is 0.650. The van der Waals surface area contributed by atoms with Crippen LogP contribution in [0.5, 0.6) is 0 Å². The largest absolute Gasteiger partial charge is 0.378 e. The van der Waals surface area contributed by atoms with Gasteiger partial charge in [-0.15, -0.1) is 0 Å². The maximum atomic E-state index is 11.1. The minimum absolute atomic E-state index is 0.0795. The van der Waals surface area contributed by atoms with Crippen LogP contribution in [0.3, 0.4) is 0 Å². The van der Waals surface area contributed by atoms with Crippen LogP contribution in [-0.4, -0.2) is 44.9 Å². The SMILES string of the molecule is NS(=O)(=O)c1ccc(N2CCOCC2)cc1.O=C(Cl)c1ccccc1[N+](=O)[O-]. The molecule has 2 aromatic carbocycles. The Balaban J connectivity index is 0.000000209. The third kappa shape index (κ3) is 5.99. The highest BCUT2D eigenvalue weighted by Gasteiger charge is 2.16. The van der Waals surface area contributed by atoms with Crippen molar-refractivity contribution in [3.63, 3.8) is 0 Å². The number of ether oxygens (including phenoxy) is 1. The molecule has 1 heterocycles. The van der Waals surface area contributed by atoms with Gasteiger partial charge in [0.05, 0.1) is 23.0 Å². The molecule has 150 valence electrons. The molecule has 2 aromatic rings. The first-order chi connectivity index (χ1) is 13.2. The van der Waals surface area contributed by atoms with Gasteiger partial charge in [0, 0.05) is 24.8 Å². The molecular weight excluding hydrogens is 410 g/mol. The van der Waals surface area contributed by atoms with Crippen LogP contribution in [0.1, 0.15) is 10.4 Å². The number of primary sulfonamides is 1. The molecule has 0 aliphatic carbocycles. The summed E-state index contributed by atoms with van der Waals surface area (Å²) in [5.74, 6) is 0. The highest BCUT2D eigenvalue weighted by Crippen LogP contribution is 2.19. The predicted molar refractivity (Wildman–Crippen MR) is 104 cm³/mol. The van der Waals surface area contributed by atoms with Crippen LogP contribution in [-0.2, 0) is 14.8 Å². The Bertz CT molecular complexity index is 911. The van der Waals surface area contributed by atoms with Crippen LogP contribution in [0.15, 0.2) is 53.4 Å². The van der Waals surface area contributed by atoms with E-state index in [1.165, 1.54) is 36.4 Å². The van der Waals surface area contributed by atoms with Crippen molar-refractivity contribution >= 4 is 38.2 Å². The first kappa shape index (κ1) is 21.8. The average molecular weight is 428 g/mol. The highest BCUT2D eigenvalue weighted by atomic mass is 35.5. The molecule has 1 saturated heterocycles. The lowest BCUT2D eigenvalue weighted by Gasteiger charge is -2.28. The average Bonchev–Trinajstić information content (AvgIpc) is 2.68. The Hall–Kier alpha value is -2.53. The Morgan fingerprint density at radius 3 is 2.14 bits per heavy atom.